The van der Waals surface area contributed by atoms with Crippen LogP contribution in [0.4, 0.5) is 10.3 Å². The van der Waals surface area contributed by atoms with Crippen LogP contribution < -0.4 is 10.2 Å². The molecule has 0 saturated heterocycles. The van der Waals surface area contributed by atoms with E-state index in [0.717, 1.165) is 28.1 Å². The first-order valence-corrected chi connectivity index (χ1v) is 10.5. The summed E-state index contributed by atoms with van der Waals surface area (Å²) < 4.78 is 19.2. The molecule has 0 unspecified atom stereocenters. The van der Waals surface area contributed by atoms with Crippen LogP contribution >= 0.6 is 0 Å². The normalized spacial score (nSPS) is 10.8. The molecule has 168 valence electrons. The first kappa shape index (κ1) is 22.1. The topological polar surface area (TPSA) is 84.2 Å². The van der Waals surface area contributed by atoms with E-state index in [9.17, 15) is 9.18 Å². The van der Waals surface area contributed by atoms with E-state index in [1.807, 2.05) is 56.3 Å². The summed E-state index contributed by atoms with van der Waals surface area (Å²) in [5.74, 6) is 0.557. The zero-order valence-corrected chi connectivity index (χ0v) is 18.7. The molecule has 8 heteroatoms. The van der Waals surface area contributed by atoms with Crippen molar-refractivity contribution in [1.82, 2.24) is 20.4 Å². The molecular formula is C25H24FN5O2. The monoisotopic (exact) mass is 445 g/mol. The van der Waals surface area contributed by atoms with Gasteiger partial charge in [0.2, 0.25) is 11.9 Å². The summed E-state index contributed by atoms with van der Waals surface area (Å²) in [5, 5.41) is 6.81. The molecule has 0 atom stereocenters. The van der Waals surface area contributed by atoms with Crippen LogP contribution in [-0.2, 0) is 17.8 Å². The van der Waals surface area contributed by atoms with Crippen molar-refractivity contribution >= 4 is 11.9 Å². The Kier molecular flexibility index (Phi) is 6.44. The van der Waals surface area contributed by atoms with Crippen LogP contribution in [0.3, 0.4) is 0 Å². The van der Waals surface area contributed by atoms with Crippen molar-refractivity contribution in [2.24, 2.45) is 0 Å². The second-order valence-electron chi connectivity index (χ2n) is 7.90. The predicted molar refractivity (Wildman–Crippen MR) is 124 cm³/mol. The maximum absolute atomic E-state index is 13.7. The fraction of sp³-hybridized carbons (Fsp3) is 0.200. The Bertz CT molecular complexity index is 1270. The molecule has 0 aliphatic rings. The summed E-state index contributed by atoms with van der Waals surface area (Å²) in [4.78, 5) is 23.2. The Morgan fingerprint density at radius 1 is 1.12 bits per heavy atom. The van der Waals surface area contributed by atoms with E-state index in [2.05, 4.69) is 15.5 Å². The van der Waals surface area contributed by atoms with Crippen LogP contribution in [-0.4, -0.2) is 35.1 Å². The molecule has 0 aliphatic heterocycles. The van der Waals surface area contributed by atoms with Gasteiger partial charge in [-0.2, -0.15) is 0 Å². The van der Waals surface area contributed by atoms with Crippen molar-refractivity contribution in [3.63, 3.8) is 0 Å². The highest BCUT2D eigenvalue weighted by Crippen LogP contribution is 2.31. The maximum Gasteiger partial charge on any atom is 0.225 e. The number of aryl methyl sites for hydroxylation is 1. The number of carbonyl (C=O) groups excluding carboxylic acids is 1. The van der Waals surface area contributed by atoms with Gasteiger partial charge < -0.3 is 14.7 Å². The molecule has 0 aliphatic carbocycles. The van der Waals surface area contributed by atoms with Gasteiger partial charge in [0.05, 0.1) is 23.4 Å². The number of hydrogen-bond acceptors (Lipinski definition) is 6. The number of aromatic nitrogens is 3. The number of rotatable bonds is 7. The van der Waals surface area contributed by atoms with Crippen LogP contribution in [0.1, 0.15) is 16.8 Å². The average Bonchev–Trinajstić information content (AvgIpc) is 3.25. The minimum atomic E-state index is -0.378. The van der Waals surface area contributed by atoms with Gasteiger partial charge in [-0.25, -0.2) is 14.4 Å². The fourth-order valence-electron chi connectivity index (χ4n) is 3.34. The van der Waals surface area contributed by atoms with E-state index in [1.54, 1.807) is 24.4 Å². The number of nitrogens with zero attached hydrogens (tertiary/aromatic N) is 4. The molecule has 2 aromatic heterocycles. The van der Waals surface area contributed by atoms with Crippen molar-refractivity contribution in [2.75, 3.05) is 19.0 Å². The number of carbonyl (C=O) groups is 1. The van der Waals surface area contributed by atoms with Crippen molar-refractivity contribution in [1.29, 1.82) is 0 Å². The number of amides is 1. The Morgan fingerprint density at radius 2 is 1.88 bits per heavy atom. The molecule has 2 aromatic carbocycles. The predicted octanol–water partition coefficient (Wildman–Crippen LogP) is 4.17. The van der Waals surface area contributed by atoms with E-state index in [0.29, 0.717) is 23.8 Å². The lowest BCUT2D eigenvalue weighted by Crippen LogP contribution is -2.24. The molecule has 0 radical (unpaired) electrons. The molecule has 0 spiro atoms. The molecule has 0 saturated carbocycles. The van der Waals surface area contributed by atoms with E-state index >= 15 is 0 Å². The van der Waals surface area contributed by atoms with Crippen molar-refractivity contribution < 1.29 is 13.7 Å². The summed E-state index contributed by atoms with van der Waals surface area (Å²) in [7, 11) is 3.76. The highest BCUT2D eigenvalue weighted by molar-refractivity contribution is 5.79. The Balaban J connectivity index is 1.51. The van der Waals surface area contributed by atoms with E-state index in [1.165, 1.54) is 6.07 Å². The lowest BCUT2D eigenvalue weighted by atomic mass is 10.0. The number of nitrogens with one attached hydrogen (secondary N) is 1. The van der Waals surface area contributed by atoms with Crippen LogP contribution in [0.2, 0.25) is 0 Å². The quantitative estimate of drug-likeness (QED) is 0.460. The summed E-state index contributed by atoms with van der Waals surface area (Å²) >= 11 is 0. The second kappa shape index (κ2) is 9.60. The van der Waals surface area contributed by atoms with Gasteiger partial charge in [-0.15, -0.1) is 0 Å². The van der Waals surface area contributed by atoms with Gasteiger partial charge in [0.25, 0.3) is 0 Å². The van der Waals surface area contributed by atoms with Gasteiger partial charge in [0.15, 0.2) is 5.76 Å². The lowest BCUT2D eigenvalue weighted by molar-refractivity contribution is -0.120. The van der Waals surface area contributed by atoms with Crippen LogP contribution in [0.25, 0.3) is 22.6 Å². The molecule has 4 aromatic rings. The zero-order chi connectivity index (χ0) is 23.4. The Morgan fingerprint density at radius 3 is 2.55 bits per heavy atom. The summed E-state index contributed by atoms with van der Waals surface area (Å²) in [6.07, 6.45) is 1.73. The van der Waals surface area contributed by atoms with Gasteiger partial charge in [-0.1, -0.05) is 47.6 Å². The highest BCUT2D eigenvalue weighted by Gasteiger charge is 2.16. The molecule has 1 N–H and O–H groups in total. The third kappa shape index (κ3) is 5.23. The van der Waals surface area contributed by atoms with Crippen molar-refractivity contribution in [3.8, 4) is 22.6 Å². The van der Waals surface area contributed by atoms with Gasteiger partial charge >= 0.3 is 0 Å². The second-order valence-corrected chi connectivity index (χ2v) is 7.90. The number of anilines is 1. The van der Waals surface area contributed by atoms with Crippen LogP contribution in [0.5, 0.6) is 0 Å². The molecule has 1 amide bonds. The fourth-order valence-corrected chi connectivity index (χ4v) is 3.34. The molecule has 7 nitrogen and oxygen atoms in total. The largest absolute Gasteiger partial charge is 0.356 e. The van der Waals surface area contributed by atoms with E-state index in [4.69, 9.17) is 9.51 Å². The molecule has 0 bridgehead atoms. The third-order valence-electron chi connectivity index (χ3n) is 5.10. The minimum absolute atomic E-state index is 0.00103. The standard InChI is InChI=1S/C25H24FN5O2/c1-16-12-22(33-30-16)20-15-28-25(31(2)3)29-24(20)18-10-8-17(9-11-18)14-27-23(32)13-19-6-4-5-7-21(19)26/h4-12,15H,13-14H2,1-3H3,(H,27,32). The lowest BCUT2D eigenvalue weighted by Gasteiger charge is -2.14. The van der Waals surface area contributed by atoms with Gasteiger partial charge in [0.1, 0.15) is 5.82 Å². The maximum atomic E-state index is 13.7. The SMILES string of the molecule is Cc1cc(-c2cnc(N(C)C)nc2-c2ccc(CNC(=O)Cc3ccccc3F)cc2)on1. The zero-order valence-electron chi connectivity index (χ0n) is 18.7. The van der Waals surface area contributed by atoms with Gasteiger partial charge in [-0.3, -0.25) is 4.79 Å². The van der Waals surface area contributed by atoms with Gasteiger partial charge in [-0.05, 0) is 24.1 Å². The summed E-state index contributed by atoms with van der Waals surface area (Å²) in [6.45, 7) is 2.20. The molecule has 33 heavy (non-hydrogen) atoms. The smallest absolute Gasteiger partial charge is 0.225 e. The van der Waals surface area contributed by atoms with E-state index in [-0.39, 0.29) is 18.1 Å². The number of halogens is 1. The Labute approximate surface area is 191 Å². The number of hydrogen-bond donors (Lipinski definition) is 1. The molecule has 0 fully saturated rings. The molecular weight excluding hydrogens is 421 g/mol. The molecule has 4 rings (SSSR count). The minimum Gasteiger partial charge on any atom is -0.356 e. The van der Waals surface area contributed by atoms with Gasteiger partial charge in [0, 0.05) is 38.5 Å². The van der Waals surface area contributed by atoms with E-state index < -0.39 is 0 Å². The summed E-state index contributed by atoms with van der Waals surface area (Å²) in [6, 6.07) is 15.8. The number of benzene rings is 2. The van der Waals surface area contributed by atoms with Crippen LogP contribution in [0.15, 0.2) is 65.3 Å². The highest BCUT2D eigenvalue weighted by atomic mass is 19.1. The van der Waals surface area contributed by atoms with Crippen molar-refractivity contribution in [3.05, 3.63) is 83.4 Å². The summed E-state index contributed by atoms with van der Waals surface area (Å²) in [5.41, 5.74) is 4.41. The van der Waals surface area contributed by atoms with Crippen LogP contribution in [0, 0.1) is 12.7 Å². The first-order chi connectivity index (χ1) is 15.9. The molecule has 2 heterocycles. The Hall–Kier alpha value is -4.07. The third-order valence-corrected chi connectivity index (χ3v) is 5.10. The van der Waals surface area contributed by atoms with Crippen molar-refractivity contribution in [2.45, 2.75) is 19.9 Å². The first-order valence-electron chi connectivity index (χ1n) is 10.5. The average molecular weight is 445 g/mol.